The number of carbonyl (C=O) groups excluding carboxylic acids is 2. The molecular weight excluding hydrogens is 360 g/mol. The first kappa shape index (κ1) is 22.3. The Labute approximate surface area is 168 Å². The van der Waals surface area contributed by atoms with Crippen LogP contribution in [0.1, 0.15) is 47.5 Å². The number of aliphatic imine (C=N–C) groups is 1. The van der Waals surface area contributed by atoms with Crippen molar-refractivity contribution in [1.29, 1.82) is 0 Å². The molecule has 0 bridgehead atoms. The number of hydrogen-bond acceptors (Lipinski definition) is 5. The first-order chi connectivity index (χ1) is 13.2. The molecule has 160 valence electrons. The van der Waals surface area contributed by atoms with E-state index >= 15 is 0 Å². The highest BCUT2D eigenvalue weighted by atomic mass is 16.6. The van der Waals surface area contributed by atoms with Gasteiger partial charge in [-0.3, -0.25) is 9.79 Å². The number of ether oxygens (including phenoxy) is 2. The number of amides is 1. The Balaban J connectivity index is 1.98. The molecule has 1 aliphatic heterocycles. The van der Waals surface area contributed by atoms with Gasteiger partial charge in [-0.25, -0.2) is 4.79 Å². The van der Waals surface area contributed by atoms with E-state index in [1.807, 2.05) is 27.7 Å². The van der Waals surface area contributed by atoms with Crippen LogP contribution in [0.3, 0.4) is 0 Å². The predicted octanol–water partition coefficient (Wildman–Crippen LogP) is 2.09. The fourth-order valence-corrected chi connectivity index (χ4v) is 3.42. The molecule has 2 aliphatic rings. The zero-order valence-corrected chi connectivity index (χ0v) is 18.2. The zero-order valence-electron chi connectivity index (χ0n) is 18.2. The molecule has 8 nitrogen and oxygen atoms in total. The molecule has 1 saturated carbocycles. The summed E-state index contributed by atoms with van der Waals surface area (Å²) < 4.78 is 10.5. The highest BCUT2D eigenvalue weighted by Crippen LogP contribution is 2.28. The molecule has 0 aromatic carbocycles. The third-order valence-electron chi connectivity index (χ3n) is 4.97. The monoisotopic (exact) mass is 396 g/mol. The van der Waals surface area contributed by atoms with E-state index in [1.165, 1.54) is 7.11 Å². The van der Waals surface area contributed by atoms with Crippen molar-refractivity contribution in [2.75, 3.05) is 39.8 Å². The lowest BCUT2D eigenvalue weighted by Gasteiger charge is -2.27. The topological polar surface area (TPSA) is 83.5 Å². The van der Waals surface area contributed by atoms with E-state index in [0.29, 0.717) is 19.6 Å². The molecule has 2 rings (SSSR count). The van der Waals surface area contributed by atoms with Crippen LogP contribution >= 0.6 is 0 Å². The molecule has 0 radical (unpaired) electrons. The molecule has 2 fully saturated rings. The summed E-state index contributed by atoms with van der Waals surface area (Å²) in [5, 5.41) is 3.30. The molecule has 0 aromatic heterocycles. The summed E-state index contributed by atoms with van der Waals surface area (Å²) in [4.78, 5) is 33.0. The van der Waals surface area contributed by atoms with Gasteiger partial charge in [-0.05, 0) is 46.5 Å². The van der Waals surface area contributed by atoms with Gasteiger partial charge in [0.1, 0.15) is 5.60 Å². The van der Waals surface area contributed by atoms with Gasteiger partial charge in [-0.1, -0.05) is 6.92 Å². The Bertz CT molecular complexity index is 583. The van der Waals surface area contributed by atoms with Crippen LogP contribution in [-0.2, 0) is 14.3 Å². The maximum absolute atomic E-state index is 12.5. The van der Waals surface area contributed by atoms with Crippen LogP contribution in [0.15, 0.2) is 4.99 Å². The number of likely N-dealkylation sites (tertiary alicyclic amines) is 1. The van der Waals surface area contributed by atoms with E-state index in [2.05, 4.69) is 17.1 Å². The minimum atomic E-state index is -0.503. The molecule has 2 atom stereocenters. The molecule has 28 heavy (non-hydrogen) atoms. The van der Waals surface area contributed by atoms with Crippen LogP contribution in [0.5, 0.6) is 0 Å². The molecule has 1 N–H and O–H groups in total. The van der Waals surface area contributed by atoms with Crippen molar-refractivity contribution >= 4 is 18.0 Å². The van der Waals surface area contributed by atoms with Crippen molar-refractivity contribution in [2.24, 2.45) is 16.8 Å². The van der Waals surface area contributed by atoms with Crippen molar-refractivity contribution < 1.29 is 19.1 Å². The van der Waals surface area contributed by atoms with Crippen LogP contribution < -0.4 is 5.32 Å². The average molecular weight is 397 g/mol. The van der Waals surface area contributed by atoms with Gasteiger partial charge in [-0.15, -0.1) is 0 Å². The van der Waals surface area contributed by atoms with E-state index in [-0.39, 0.29) is 29.9 Å². The number of rotatable bonds is 6. The largest absolute Gasteiger partial charge is 0.469 e. The Hall–Kier alpha value is -1.99. The number of guanidine groups is 1. The summed E-state index contributed by atoms with van der Waals surface area (Å²) in [6, 6.07) is 0.267. The van der Waals surface area contributed by atoms with Crippen molar-refractivity contribution in [3.05, 3.63) is 0 Å². The van der Waals surface area contributed by atoms with Gasteiger partial charge in [0, 0.05) is 32.2 Å². The first-order valence-electron chi connectivity index (χ1n) is 10.3. The smallest absolute Gasteiger partial charge is 0.410 e. The molecular formula is C20H36N4O4. The van der Waals surface area contributed by atoms with Gasteiger partial charge in [0.2, 0.25) is 0 Å². The van der Waals surface area contributed by atoms with Gasteiger partial charge < -0.3 is 24.6 Å². The maximum Gasteiger partial charge on any atom is 0.410 e. The minimum absolute atomic E-state index is 0.140. The summed E-state index contributed by atoms with van der Waals surface area (Å²) in [5.74, 6) is 0.677. The van der Waals surface area contributed by atoms with Gasteiger partial charge in [-0.2, -0.15) is 0 Å². The normalized spacial score (nSPS) is 22.8. The van der Waals surface area contributed by atoms with Crippen molar-refractivity contribution in [3.8, 4) is 0 Å². The number of carbonyl (C=O) groups is 2. The number of esters is 1. The Morgan fingerprint density at radius 3 is 2.46 bits per heavy atom. The Kier molecular flexibility index (Phi) is 7.55. The van der Waals surface area contributed by atoms with Crippen molar-refractivity contribution in [2.45, 2.75) is 59.1 Å². The number of nitrogens with one attached hydrogen (secondary N) is 1. The molecule has 0 spiro atoms. The zero-order chi connectivity index (χ0) is 20.9. The summed E-state index contributed by atoms with van der Waals surface area (Å²) in [7, 11) is 1.43. The van der Waals surface area contributed by atoms with E-state index in [4.69, 9.17) is 14.5 Å². The van der Waals surface area contributed by atoms with Crippen LogP contribution in [0.2, 0.25) is 0 Å². The van der Waals surface area contributed by atoms with Crippen LogP contribution in [-0.4, -0.2) is 79.3 Å². The molecule has 1 aliphatic carbocycles. The summed E-state index contributed by atoms with van der Waals surface area (Å²) in [5.41, 5.74) is -0.503. The number of nitrogens with zero attached hydrogens (tertiary/aromatic N) is 3. The molecule has 1 saturated heterocycles. The second-order valence-corrected chi connectivity index (χ2v) is 8.65. The standard InChI is InChI=1S/C20H36N4O4/c1-7-21-18(23-12-14(2)16(13-23)17(25)27-6)22-10-11-24(15-8-9-15)19(26)28-20(3,4)5/h14-16H,7-13H2,1-6H3,(H,21,22). The van der Waals surface area contributed by atoms with Gasteiger partial charge in [0.25, 0.3) is 0 Å². The van der Waals surface area contributed by atoms with Crippen LogP contribution in [0.25, 0.3) is 0 Å². The molecule has 0 aromatic rings. The molecule has 2 unspecified atom stereocenters. The fourth-order valence-electron chi connectivity index (χ4n) is 3.42. The number of hydrogen-bond donors (Lipinski definition) is 1. The second-order valence-electron chi connectivity index (χ2n) is 8.65. The lowest BCUT2D eigenvalue weighted by atomic mass is 9.99. The second kappa shape index (κ2) is 9.47. The highest BCUT2D eigenvalue weighted by Gasteiger charge is 2.37. The quantitative estimate of drug-likeness (QED) is 0.420. The Morgan fingerprint density at radius 1 is 1.25 bits per heavy atom. The lowest BCUT2D eigenvalue weighted by molar-refractivity contribution is -0.146. The van der Waals surface area contributed by atoms with Crippen molar-refractivity contribution in [3.63, 3.8) is 0 Å². The summed E-state index contributed by atoms with van der Waals surface area (Å²) in [6.07, 6.45) is 1.77. The lowest BCUT2D eigenvalue weighted by Crippen LogP contribution is -2.42. The fraction of sp³-hybridized carbons (Fsp3) is 0.850. The van der Waals surface area contributed by atoms with Gasteiger partial charge in [0.15, 0.2) is 5.96 Å². The SMILES string of the molecule is CCNC(=NCCN(C(=O)OC(C)(C)C)C1CC1)N1CC(C)C(C(=O)OC)C1. The average Bonchev–Trinajstić information content (AvgIpc) is 3.36. The van der Waals surface area contributed by atoms with Gasteiger partial charge in [0.05, 0.1) is 19.6 Å². The third-order valence-corrected chi connectivity index (χ3v) is 4.97. The molecule has 8 heteroatoms. The van der Waals surface area contributed by atoms with E-state index in [1.54, 1.807) is 4.90 Å². The first-order valence-corrected chi connectivity index (χ1v) is 10.3. The van der Waals surface area contributed by atoms with Crippen LogP contribution in [0, 0.1) is 11.8 Å². The molecule has 1 heterocycles. The van der Waals surface area contributed by atoms with E-state index in [9.17, 15) is 9.59 Å². The third kappa shape index (κ3) is 6.27. The van der Waals surface area contributed by atoms with Crippen LogP contribution in [0.4, 0.5) is 4.79 Å². The minimum Gasteiger partial charge on any atom is -0.469 e. The van der Waals surface area contributed by atoms with E-state index < -0.39 is 5.60 Å². The predicted molar refractivity (Wildman–Crippen MR) is 108 cm³/mol. The number of methoxy groups -OCH3 is 1. The maximum atomic E-state index is 12.5. The molecule has 1 amide bonds. The summed E-state index contributed by atoms with van der Waals surface area (Å²) >= 11 is 0. The van der Waals surface area contributed by atoms with Crippen molar-refractivity contribution in [1.82, 2.24) is 15.1 Å². The summed E-state index contributed by atoms with van der Waals surface area (Å²) in [6.45, 7) is 12.8. The van der Waals surface area contributed by atoms with Gasteiger partial charge >= 0.3 is 12.1 Å². The highest BCUT2D eigenvalue weighted by molar-refractivity contribution is 5.82. The van der Waals surface area contributed by atoms with E-state index in [0.717, 1.165) is 31.9 Å². The Morgan fingerprint density at radius 2 is 1.93 bits per heavy atom.